The third-order valence-corrected chi connectivity index (χ3v) is 15.0. The first kappa shape index (κ1) is 33.8. The Morgan fingerprint density at radius 3 is 2.49 bits per heavy atom. The number of nitrogens with zero attached hydrogens (tertiary/aromatic N) is 2. The van der Waals surface area contributed by atoms with Crippen LogP contribution in [0.25, 0.3) is 0 Å². The number of likely N-dealkylation sites (tertiary alicyclic amines) is 1. The number of fused-ring (bicyclic) bond motifs is 5. The molecular weight excluding hydrogens is 662 g/mol. The Hall–Kier alpha value is -2.37. The van der Waals surface area contributed by atoms with Gasteiger partial charge in [-0.3, -0.25) is 4.79 Å². The number of halogens is 1. The highest BCUT2D eigenvalue weighted by atomic mass is 35.5. The molecule has 6 aliphatic rings. The lowest BCUT2D eigenvalue weighted by Crippen LogP contribution is -2.50. The van der Waals surface area contributed by atoms with Crippen LogP contribution in [0.2, 0.25) is 5.02 Å². The quantitative estimate of drug-likeness (QED) is 0.398. The number of amides is 1. The van der Waals surface area contributed by atoms with E-state index in [-0.39, 0.29) is 35.7 Å². The Bertz CT molecular complexity index is 1690. The SMILES string of the molecule is C[C@@H]1[C@@H](C)CCC[C@@H](C2O[C@H]3CN(C)C[C@H]3O2)[C@@H]2CC[C@H]2CN2C[C@@]3(CCCc4cc(Cl)ccc43)COc3ccc(cc32)C(=O)NS1(=O)=O. The maximum absolute atomic E-state index is 13.6. The van der Waals surface area contributed by atoms with E-state index in [2.05, 4.69) is 33.7 Å². The predicted molar refractivity (Wildman–Crippen MR) is 190 cm³/mol. The van der Waals surface area contributed by atoms with Gasteiger partial charge in [0.15, 0.2) is 6.29 Å². The van der Waals surface area contributed by atoms with Crippen molar-refractivity contribution in [1.29, 1.82) is 0 Å². The average molecular weight is 712 g/mol. The van der Waals surface area contributed by atoms with Gasteiger partial charge in [-0.15, -0.1) is 0 Å². The standard InChI is InChI=1S/C38H50ClN3O6S/c1-23-6-4-8-30(37-47-34-19-41(3)20-35(34)48-37)29-12-9-27(29)18-42-21-38(15-5-7-25-16-28(39)11-13-31(25)38)22-46-33-14-10-26(17-32(33)42)36(43)40-49(44,45)24(23)2/h10-11,13-14,16-17,23-24,27,29-30,34-35,37H,4-9,12,15,18-22H2,1-3H3,(H,40,43)/t23-,24+,27-,29+,30+,34-,35+,37?,38-/m0/s1. The molecule has 8 rings (SSSR count). The van der Waals surface area contributed by atoms with E-state index in [1.807, 2.05) is 25.1 Å². The van der Waals surface area contributed by atoms with Gasteiger partial charge in [0.05, 0.1) is 17.5 Å². The summed E-state index contributed by atoms with van der Waals surface area (Å²) in [6.45, 7) is 7.56. The lowest BCUT2D eigenvalue weighted by molar-refractivity contribution is -0.146. The van der Waals surface area contributed by atoms with Crippen molar-refractivity contribution in [1.82, 2.24) is 9.62 Å². The Balaban J connectivity index is 1.17. The molecule has 2 aromatic carbocycles. The molecule has 1 N–H and O–H groups in total. The Kier molecular flexibility index (Phi) is 8.95. The number of anilines is 1. The van der Waals surface area contributed by atoms with Crippen molar-refractivity contribution < 1.29 is 27.4 Å². The number of benzene rings is 2. The number of carbonyl (C=O) groups excluding carboxylic acids is 1. The number of hydrogen-bond acceptors (Lipinski definition) is 8. The van der Waals surface area contributed by atoms with Crippen LogP contribution in [0, 0.1) is 23.7 Å². The van der Waals surface area contributed by atoms with Gasteiger partial charge >= 0.3 is 0 Å². The van der Waals surface area contributed by atoms with Crippen LogP contribution in [-0.2, 0) is 31.3 Å². The number of hydrogen-bond donors (Lipinski definition) is 1. The Labute approximate surface area is 296 Å². The predicted octanol–water partition coefficient (Wildman–Crippen LogP) is 5.78. The van der Waals surface area contributed by atoms with Crippen LogP contribution in [0.4, 0.5) is 5.69 Å². The zero-order valence-electron chi connectivity index (χ0n) is 28.9. The Morgan fingerprint density at radius 1 is 0.939 bits per heavy atom. The van der Waals surface area contributed by atoms with Gasteiger partial charge in [-0.25, -0.2) is 13.1 Å². The minimum Gasteiger partial charge on any atom is -0.490 e. The third-order valence-electron chi connectivity index (χ3n) is 12.9. The molecule has 3 fully saturated rings. The molecule has 9 nitrogen and oxygen atoms in total. The molecule has 266 valence electrons. The number of ether oxygens (including phenoxy) is 3. The molecule has 11 heteroatoms. The van der Waals surface area contributed by atoms with Crippen molar-refractivity contribution in [2.45, 2.75) is 94.4 Å². The van der Waals surface area contributed by atoms with E-state index in [1.54, 1.807) is 13.0 Å². The van der Waals surface area contributed by atoms with Crippen LogP contribution in [0.3, 0.4) is 0 Å². The first-order valence-electron chi connectivity index (χ1n) is 18.4. The van der Waals surface area contributed by atoms with E-state index in [0.29, 0.717) is 24.0 Å². The molecule has 2 saturated heterocycles. The summed E-state index contributed by atoms with van der Waals surface area (Å²) < 4.78 is 49.4. The van der Waals surface area contributed by atoms with Crippen LogP contribution in [0.1, 0.15) is 80.3 Å². The van der Waals surface area contributed by atoms with Crippen molar-refractivity contribution in [3.63, 3.8) is 0 Å². The summed E-state index contributed by atoms with van der Waals surface area (Å²) in [6, 6.07) is 11.7. The van der Waals surface area contributed by atoms with Gasteiger partial charge in [-0.2, -0.15) is 0 Å². The smallest absolute Gasteiger partial charge is 0.264 e. The molecule has 2 bridgehead atoms. The minimum atomic E-state index is -3.90. The van der Waals surface area contributed by atoms with Crippen LogP contribution < -0.4 is 14.4 Å². The fourth-order valence-corrected chi connectivity index (χ4v) is 11.2. The van der Waals surface area contributed by atoms with Gasteiger partial charge in [-0.1, -0.05) is 31.0 Å². The van der Waals surface area contributed by atoms with E-state index in [1.165, 1.54) is 11.1 Å². The summed E-state index contributed by atoms with van der Waals surface area (Å²) in [5, 5.41) is 0.0389. The van der Waals surface area contributed by atoms with E-state index >= 15 is 0 Å². The minimum absolute atomic E-state index is 0.106. The molecule has 2 aliphatic carbocycles. The van der Waals surface area contributed by atoms with Gasteiger partial charge in [0.2, 0.25) is 10.0 Å². The van der Waals surface area contributed by atoms with Crippen molar-refractivity contribution in [3.05, 3.63) is 58.1 Å². The first-order valence-corrected chi connectivity index (χ1v) is 20.3. The molecule has 9 atom stereocenters. The van der Waals surface area contributed by atoms with Crippen molar-refractivity contribution in [3.8, 4) is 5.75 Å². The molecule has 4 heterocycles. The third kappa shape index (κ3) is 6.28. The van der Waals surface area contributed by atoms with Crippen molar-refractivity contribution in [2.75, 3.05) is 44.7 Å². The van der Waals surface area contributed by atoms with E-state index < -0.39 is 21.2 Å². The average Bonchev–Trinajstić information content (AvgIpc) is 3.56. The summed E-state index contributed by atoms with van der Waals surface area (Å²) in [4.78, 5) is 18.3. The lowest BCUT2D eigenvalue weighted by atomic mass is 9.64. The summed E-state index contributed by atoms with van der Waals surface area (Å²) in [5.41, 5.74) is 3.51. The maximum Gasteiger partial charge on any atom is 0.264 e. The molecule has 0 radical (unpaired) electrons. The summed E-state index contributed by atoms with van der Waals surface area (Å²) >= 11 is 6.48. The van der Waals surface area contributed by atoms with Gasteiger partial charge in [0, 0.05) is 48.1 Å². The van der Waals surface area contributed by atoms with Crippen LogP contribution in [0.5, 0.6) is 5.75 Å². The van der Waals surface area contributed by atoms with Crippen LogP contribution >= 0.6 is 11.6 Å². The molecule has 1 spiro atoms. The number of sulfonamides is 1. The van der Waals surface area contributed by atoms with Crippen molar-refractivity contribution in [2.24, 2.45) is 23.7 Å². The second-order valence-electron chi connectivity index (χ2n) is 16.0. The molecule has 4 aliphatic heterocycles. The zero-order valence-corrected chi connectivity index (χ0v) is 30.5. The molecule has 1 saturated carbocycles. The van der Waals surface area contributed by atoms with E-state index in [0.717, 1.165) is 94.0 Å². The number of aryl methyl sites for hydroxylation is 1. The molecular formula is C38H50ClN3O6S. The molecule has 1 amide bonds. The zero-order chi connectivity index (χ0) is 34.1. The van der Waals surface area contributed by atoms with E-state index in [4.69, 9.17) is 25.8 Å². The monoisotopic (exact) mass is 711 g/mol. The summed E-state index contributed by atoms with van der Waals surface area (Å²) in [5.74, 6) is 1.11. The Morgan fingerprint density at radius 2 is 1.73 bits per heavy atom. The normalized spacial score (nSPS) is 37.6. The number of rotatable bonds is 1. The second-order valence-corrected chi connectivity index (χ2v) is 18.5. The summed E-state index contributed by atoms with van der Waals surface area (Å²) in [6.07, 6.45) is 7.81. The number of nitrogens with one attached hydrogen (secondary N) is 1. The first-order chi connectivity index (χ1) is 23.5. The fraction of sp³-hybridized carbons (Fsp3) is 0.658. The maximum atomic E-state index is 13.6. The van der Waals surface area contributed by atoms with Gasteiger partial charge < -0.3 is 24.0 Å². The molecule has 1 unspecified atom stereocenters. The van der Waals surface area contributed by atoms with Gasteiger partial charge in [-0.05, 0) is 118 Å². The van der Waals surface area contributed by atoms with Gasteiger partial charge in [0.1, 0.15) is 18.0 Å². The highest BCUT2D eigenvalue weighted by Crippen LogP contribution is 2.50. The number of carbonyl (C=O) groups is 1. The highest BCUT2D eigenvalue weighted by molar-refractivity contribution is 7.90. The van der Waals surface area contributed by atoms with Gasteiger partial charge in [0.25, 0.3) is 5.91 Å². The summed E-state index contributed by atoms with van der Waals surface area (Å²) in [7, 11) is -1.78. The second kappa shape index (κ2) is 13.0. The molecule has 0 aromatic heterocycles. The van der Waals surface area contributed by atoms with Crippen LogP contribution in [0.15, 0.2) is 36.4 Å². The molecule has 49 heavy (non-hydrogen) atoms. The van der Waals surface area contributed by atoms with E-state index in [9.17, 15) is 13.2 Å². The van der Waals surface area contributed by atoms with Crippen LogP contribution in [-0.4, -0.2) is 82.8 Å². The lowest BCUT2D eigenvalue weighted by Gasteiger charge is -2.47. The largest absolute Gasteiger partial charge is 0.490 e. The fourth-order valence-electron chi connectivity index (χ4n) is 9.74. The topological polar surface area (TPSA) is 97.4 Å². The number of likely N-dealkylation sites (N-methyl/N-ethyl adjacent to an activating group) is 1. The molecule has 2 aromatic rings. The van der Waals surface area contributed by atoms with Crippen molar-refractivity contribution >= 4 is 33.2 Å². The highest BCUT2D eigenvalue weighted by Gasteiger charge is 2.50.